The lowest BCUT2D eigenvalue weighted by molar-refractivity contribution is 1.42. The van der Waals surface area contributed by atoms with Crippen LogP contribution < -0.4 is 4.75 Å². The van der Waals surface area contributed by atoms with Gasteiger partial charge in [-0.15, -0.1) is 0 Å². The molecule has 0 aliphatic heterocycles. The van der Waals surface area contributed by atoms with Gasteiger partial charge in [-0.3, -0.25) is 0 Å². The number of nitrogens with zero attached hydrogens (tertiary/aromatic N) is 2. The van der Waals surface area contributed by atoms with E-state index in [9.17, 15) is 0 Å². The minimum atomic E-state index is -1.38. The van der Waals surface area contributed by atoms with E-state index in [-0.39, 0.29) is 0 Å². The summed E-state index contributed by atoms with van der Waals surface area (Å²) in [5, 5.41) is 0. The van der Waals surface area contributed by atoms with Gasteiger partial charge in [0, 0.05) is 0 Å². The third-order valence-electron chi connectivity index (χ3n) is 1.22. The molecule has 0 spiro atoms. The highest BCUT2D eigenvalue weighted by molar-refractivity contribution is 7.56. The second-order valence-corrected chi connectivity index (χ2v) is 23.4. The molecular weight excluding hydrogens is 265 g/mol. The normalized spacial score (nSPS) is 15.4. The van der Waals surface area contributed by atoms with E-state index in [1.54, 1.807) is 0 Å². The zero-order chi connectivity index (χ0) is 13.2. The molecule has 0 rings (SSSR count). The Hall–Kier alpha value is 0.671. The quantitative estimate of drug-likeness (QED) is 0.565. The van der Waals surface area contributed by atoms with Crippen molar-refractivity contribution in [2.75, 3.05) is 0 Å². The molecule has 0 aliphatic carbocycles. The van der Waals surface area contributed by atoms with Crippen LogP contribution in [0.2, 0.25) is 58.9 Å². The largest absolute Gasteiger partial charge is 0.406 e. The molecule has 1 N–H and O–H groups in total. The van der Waals surface area contributed by atoms with E-state index in [1.807, 2.05) is 0 Å². The maximum Gasteiger partial charge on any atom is 0.230 e. The summed E-state index contributed by atoms with van der Waals surface area (Å²) in [4.78, 5) is 0. The van der Waals surface area contributed by atoms with Gasteiger partial charge in [0.1, 0.15) is 0 Å². The van der Waals surface area contributed by atoms with Gasteiger partial charge in [0.2, 0.25) is 8.24 Å². The molecule has 0 bridgehead atoms. The maximum atomic E-state index is 4.97. The topological polar surface area (TPSA) is 38.5 Å². The maximum absolute atomic E-state index is 4.97. The average Bonchev–Trinajstić information content (AvgIpc) is 1.70. The summed E-state index contributed by atoms with van der Waals surface area (Å²) in [6, 6.07) is 0. The molecule has 96 valence electrons. The highest BCUT2D eigenvalue weighted by Crippen LogP contribution is 2.38. The minimum Gasteiger partial charge on any atom is -0.406 e. The Morgan fingerprint density at radius 2 is 1.31 bits per heavy atom. The van der Waals surface area contributed by atoms with Gasteiger partial charge < -0.3 is 4.75 Å². The Balaban J connectivity index is 4.87. The predicted molar refractivity (Wildman–Crippen MR) is 85.9 cm³/mol. The van der Waals surface area contributed by atoms with Crippen LogP contribution in [0.25, 0.3) is 4.75 Å². The van der Waals surface area contributed by atoms with Crippen LogP contribution in [0, 0.1) is 0 Å². The molecule has 0 fully saturated rings. The standard InChI is InChI=1S/C9H28N3PSi3/c1-14(2,3)10-13(11-15(4,5)6)12-16(7,8)9/h1-9H3,(H,10,11,12). The van der Waals surface area contributed by atoms with Crippen molar-refractivity contribution in [2.45, 2.75) is 58.9 Å². The van der Waals surface area contributed by atoms with E-state index in [1.165, 1.54) is 0 Å². The molecule has 0 amide bonds. The Morgan fingerprint density at radius 1 is 0.875 bits per heavy atom. The fourth-order valence-electron chi connectivity index (χ4n) is 0.941. The van der Waals surface area contributed by atoms with Crippen LogP contribution in [0.15, 0.2) is 4.41 Å². The number of rotatable bonds is 5. The molecule has 0 heterocycles. The van der Waals surface area contributed by atoms with E-state index < -0.39 is 32.7 Å². The first-order chi connectivity index (χ1) is 6.79. The van der Waals surface area contributed by atoms with Crippen molar-refractivity contribution in [3.63, 3.8) is 0 Å². The summed E-state index contributed by atoms with van der Waals surface area (Å²) in [5.74, 6) is 0. The van der Waals surface area contributed by atoms with E-state index in [2.05, 4.69) is 63.7 Å². The van der Waals surface area contributed by atoms with Gasteiger partial charge in [-0.1, -0.05) is 39.3 Å². The minimum absolute atomic E-state index is 0.640. The van der Waals surface area contributed by atoms with Crippen molar-refractivity contribution in [1.82, 2.24) is 4.75 Å². The van der Waals surface area contributed by atoms with Crippen LogP contribution in [0.1, 0.15) is 0 Å². The third-order valence-corrected chi connectivity index (χ3v) is 11.0. The second-order valence-electron chi connectivity index (χ2n) is 7.19. The van der Waals surface area contributed by atoms with Crippen molar-refractivity contribution in [3.8, 4) is 0 Å². The number of nitrogens with one attached hydrogen (secondary N) is 1. The molecule has 3 nitrogen and oxygen atoms in total. The Bertz CT molecular complexity index is 243. The Morgan fingerprint density at radius 3 is 1.56 bits per heavy atom. The zero-order valence-corrected chi connectivity index (χ0v) is 16.2. The molecule has 0 aromatic rings. The van der Waals surface area contributed by atoms with Crippen LogP contribution in [-0.4, -0.2) is 24.7 Å². The van der Waals surface area contributed by atoms with Crippen LogP contribution in [0.4, 0.5) is 0 Å². The SMILES string of the molecule is C[Si](C)(C)N=[P+]([N-][Si](C)(C)C)N[Si](C)(C)C. The predicted octanol–water partition coefficient (Wildman–Crippen LogP) is 4.95. The summed E-state index contributed by atoms with van der Waals surface area (Å²) < 4.78 is 13.7. The van der Waals surface area contributed by atoms with Gasteiger partial charge >= 0.3 is 0 Å². The molecule has 0 aliphatic rings. The molecule has 0 saturated heterocycles. The van der Waals surface area contributed by atoms with Gasteiger partial charge in [0.25, 0.3) is 0 Å². The van der Waals surface area contributed by atoms with E-state index >= 15 is 0 Å². The van der Waals surface area contributed by atoms with Crippen molar-refractivity contribution in [3.05, 3.63) is 4.75 Å². The van der Waals surface area contributed by atoms with Crippen LogP contribution in [-0.2, 0) is 0 Å². The summed E-state index contributed by atoms with van der Waals surface area (Å²) >= 11 is 0. The third kappa shape index (κ3) is 11.2. The summed E-state index contributed by atoms with van der Waals surface area (Å²) in [5.41, 5.74) is 0. The van der Waals surface area contributed by atoms with E-state index in [0.717, 1.165) is 0 Å². The molecule has 7 heteroatoms. The van der Waals surface area contributed by atoms with Gasteiger partial charge in [-0.05, 0) is 27.9 Å². The van der Waals surface area contributed by atoms with Crippen molar-refractivity contribution in [2.24, 2.45) is 4.41 Å². The zero-order valence-electron chi connectivity index (χ0n) is 12.3. The molecule has 1 unspecified atom stereocenters. The average molecular weight is 294 g/mol. The van der Waals surface area contributed by atoms with Crippen LogP contribution >= 0.6 is 8.01 Å². The first kappa shape index (κ1) is 16.7. The number of hydrogen-bond acceptors (Lipinski definition) is 1. The highest BCUT2D eigenvalue weighted by atomic mass is 31.1. The molecule has 16 heavy (non-hydrogen) atoms. The van der Waals surface area contributed by atoms with Crippen molar-refractivity contribution < 1.29 is 0 Å². The van der Waals surface area contributed by atoms with Crippen LogP contribution in [0.3, 0.4) is 0 Å². The highest BCUT2D eigenvalue weighted by Gasteiger charge is 2.25. The molecular formula is C9H28N3PSi3. The monoisotopic (exact) mass is 293 g/mol. The molecule has 0 radical (unpaired) electrons. The Labute approximate surface area is 106 Å². The van der Waals surface area contributed by atoms with Gasteiger partial charge in [0.15, 0.2) is 16.3 Å². The first-order valence-corrected chi connectivity index (χ1v) is 17.5. The summed E-state index contributed by atoms with van der Waals surface area (Å²) in [6.07, 6.45) is 0. The number of hydrogen-bond donors (Lipinski definition) is 1. The van der Waals surface area contributed by atoms with Gasteiger partial charge in [-0.2, -0.15) is 9.16 Å². The second kappa shape index (κ2) is 5.54. The molecule has 0 aromatic carbocycles. The smallest absolute Gasteiger partial charge is 0.230 e. The summed E-state index contributed by atoms with van der Waals surface area (Å²) in [6.45, 7) is 20.7. The fraction of sp³-hybridized carbons (Fsp3) is 1.00. The van der Waals surface area contributed by atoms with E-state index in [0.29, 0.717) is 0 Å². The Kier molecular flexibility index (Phi) is 5.77. The van der Waals surface area contributed by atoms with Crippen molar-refractivity contribution >= 4 is 32.7 Å². The lowest BCUT2D eigenvalue weighted by Crippen LogP contribution is -2.37. The van der Waals surface area contributed by atoms with Gasteiger partial charge in [-0.25, -0.2) is 0 Å². The lowest BCUT2D eigenvalue weighted by atomic mass is 11.8. The molecule has 0 saturated carbocycles. The van der Waals surface area contributed by atoms with Gasteiger partial charge in [0.05, 0.1) is 0 Å². The molecule has 1 atom stereocenters. The van der Waals surface area contributed by atoms with Crippen LogP contribution in [0.5, 0.6) is 0 Å². The fourth-order valence-corrected chi connectivity index (χ4v) is 9.77. The lowest BCUT2D eigenvalue weighted by Gasteiger charge is -2.29. The summed E-state index contributed by atoms with van der Waals surface area (Å²) in [7, 11) is -4.68. The first-order valence-electron chi connectivity index (χ1n) is 5.82. The van der Waals surface area contributed by atoms with E-state index in [4.69, 9.17) is 9.16 Å². The molecule has 0 aromatic heterocycles. The van der Waals surface area contributed by atoms with Crippen molar-refractivity contribution in [1.29, 1.82) is 0 Å².